The molecule has 1 heterocycles. The highest BCUT2D eigenvalue weighted by atomic mass is 16.5. The number of hydrogen-bond acceptors (Lipinski definition) is 4. The Labute approximate surface area is 146 Å². The summed E-state index contributed by atoms with van der Waals surface area (Å²) in [4.78, 5) is 18.1. The van der Waals surface area contributed by atoms with E-state index in [0.29, 0.717) is 5.78 Å². The van der Waals surface area contributed by atoms with Crippen molar-refractivity contribution in [3.8, 4) is 0 Å². The van der Waals surface area contributed by atoms with Crippen LogP contribution in [-0.4, -0.2) is 67.6 Å². The van der Waals surface area contributed by atoms with Crippen molar-refractivity contribution in [2.45, 2.75) is 44.7 Å². The molecule has 0 spiro atoms. The van der Waals surface area contributed by atoms with E-state index in [4.69, 9.17) is 4.74 Å². The molecule has 0 amide bonds. The van der Waals surface area contributed by atoms with Crippen LogP contribution in [0.1, 0.15) is 32.3 Å². The van der Waals surface area contributed by atoms with E-state index in [1.165, 1.54) is 5.56 Å². The lowest BCUT2D eigenvalue weighted by Gasteiger charge is -2.43. The van der Waals surface area contributed by atoms with Gasteiger partial charge in [-0.05, 0) is 38.9 Å². The van der Waals surface area contributed by atoms with E-state index in [9.17, 15) is 4.79 Å². The van der Waals surface area contributed by atoms with Crippen LogP contribution in [0.5, 0.6) is 0 Å². The first-order valence-electron chi connectivity index (χ1n) is 9.12. The average Bonchev–Trinajstić information content (AvgIpc) is 2.61. The van der Waals surface area contributed by atoms with Crippen LogP contribution in [0.3, 0.4) is 0 Å². The monoisotopic (exact) mass is 332 g/mol. The van der Waals surface area contributed by atoms with Gasteiger partial charge in [-0.1, -0.05) is 44.2 Å². The lowest BCUT2D eigenvalue weighted by molar-refractivity contribution is -0.137. The summed E-state index contributed by atoms with van der Waals surface area (Å²) in [6.45, 7) is 7.40. The molecule has 1 fully saturated rings. The molecule has 4 heteroatoms. The van der Waals surface area contributed by atoms with Crippen LogP contribution in [0, 0.1) is 0 Å². The summed E-state index contributed by atoms with van der Waals surface area (Å²) in [7, 11) is 4.08. The van der Waals surface area contributed by atoms with E-state index in [1.807, 2.05) is 20.2 Å². The van der Waals surface area contributed by atoms with Gasteiger partial charge in [0, 0.05) is 13.1 Å². The van der Waals surface area contributed by atoms with Gasteiger partial charge in [0.1, 0.15) is 0 Å². The predicted octanol–water partition coefficient (Wildman–Crippen LogP) is 2.62. The number of benzene rings is 1. The molecule has 2 unspecified atom stereocenters. The summed E-state index contributed by atoms with van der Waals surface area (Å²) < 4.78 is 5.47. The fraction of sp³-hybridized carbons (Fsp3) is 0.650. The lowest BCUT2D eigenvalue weighted by atomic mass is 9.79. The number of carbonyl (C=O) groups excluding carboxylic acids is 1. The van der Waals surface area contributed by atoms with Crippen molar-refractivity contribution in [1.29, 1.82) is 0 Å². The van der Waals surface area contributed by atoms with E-state index in [-0.39, 0.29) is 6.04 Å². The summed E-state index contributed by atoms with van der Waals surface area (Å²) >= 11 is 0. The number of carbonyl (C=O) groups is 1. The minimum absolute atomic E-state index is 0.0278. The SMILES string of the molecule is CCC(C(=O)C(CC)(Cc1ccccc1)N(C)C)N1CCOCC1. The number of hydrogen-bond donors (Lipinski definition) is 0. The number of ketones is 1. The number of nitrogens with zero attached hydrogens (tertiary/aromatic N) is 2. The highest BCUT2D eigenvalue weighted by Gasteiger charge is 2.43. The third-order valence-electron chi connectivity index (χ3n) is 5.41. The molecule has 24 heavy (non-hydrogen) atoms. The number of morpholine rings is 1. The predicted molar refractivity (Wildman–Crippen MR) is 98.3 cm³/mol. The molecular weight excluding hydrogens is 300 g/mol. The van der Waals surface area contributed by atoms with E-state index < -0.39 is 5.54 Å². The van der Waals surface area contributed by atoms with E-state index >= 15 is 0 Å². The van der Waals surface area contributed by atoms with E-state index in [2.05, 4.69) is 47.9 Å². The molecule has 4 nitrogen and oxygen atoms in total. The number of ether oxygens (including phenoxy) is 1. The Balaban J connectivity index is 2.29. The second kappa shape index (κ2) is 8.75. The van der Waals surface area contributed by atoms with Gasteiger partial charge in [-0.25, -0.2) is 0 Å². The fourth-order valence-corrected chi connectivity index (χ4v) is 3.82. The smallest absolute Gasteiger partial charge is 0.170 e. The molecule has 0 N–H and O–H groups in total. The number of rotatable bonds is 8. The zero-order valence-electron chi connectivity index (χ0n) is 15.6. The Morgan fingerprint density at radius 2 is 1.83 bits per heavy atom. The minimum Gasteiger partial charge on any atom is -0.379 e. The van der Waals surface area contributed by atoms with E-state index in [0.717, 1.165) is 45.6 Å². The van der Waals surface area contributed by atoms with Gasteiger partial charge in [0.15, 0.2) is 5.78 Å². The summed E-state index contributed by atoms with van der Waals surface area (Å²) in [5, 5.41) is 0. The second-order valence-electron chi connectivity index (χ2n) is 6.88. The van der Waals surface area contributed by atoms with Gasteiger partial charge < -0.3 is 4.74 Å². The summed E-state index contributed by atoms with van der Waals surface area (Å²) in [6.07, 6.45) is 2.43. The van der Waals surface area contributed by atoms with Crippen LogP contribution in [0.2, 0.25) is 0 Å². The minimum atomic E-state index is -0.458. The highest BCUT2D eigenvalue weighted by Crippen LogP contribution is 2.28. The zero-order chi connectivity index (χ0) is 17.6. The fourth-order valence-electron chi connectivity index (χ4n) is 3.82. The molecule has 0 aromatic heterocycles. The zero-order valence-corrected chi connectivity index (χ0v) is 15.6. The van der Waals surface area contributed by atoms with Gasteiger partial charge in [0.05, 0.1) is 24.8 Å². The van der Waals surface area contributed by atoms with Crippen molar-refractivity contribution in [3.63, 3.8) is 0 Å². The van der Waals surface area contributed by atoms with Crippen LogP contribution in [0.4, 0.5) is 0 Å². The topological polar surface area (TPSA) is 32.8 Å². The number of likely N-dealkylation sites (N-methyl/N-ethyl adjacent to an activating group) is 1. The van der Waals surface area contributed by atoms with Crippen molar-refractivity contribution >= 4 is 5.78 Å². The molecule has 0 aliphatic carbocycles. The largest absolute Gasteiger partial charge is 0.379 e. The Bertz CT molecular complexity index is 512. The molecule has 1 aliphatic rings. The first-order valence-corrected chi connectivity index (χ1v) is 9.12. The van der Waals surface area contributed by atoms with Crippen LogP contribution in [-0.2, 0) is 16.0 Å². The summed E-state index contributed by atoms with van der Waals surface area (Å²) in [5.74, 6) is 0.350. The van der Waals surface area contributed by atoms with Gasteiger partial charge in [-0.2, -0.15) is 0 Å². The maximum atomic E-state index is 13.6. The Kier molecular flexibility index (Phi) is 6.96. The first-order chi connectivity index (χ1) is 11.5. The normalized spacial score (nSPS) is 19.9. The summed E-state index contributed by atoms with van der Waals surface area (Å²) in [5.41, 5.74) is 0.763. The van der Waals surface area contributed by atoms with Gasteiger partial charge >= 0.3 is 0 Å². The second-order valence-corrected chi connectivity index (χ2v) is 6.88. The van der Waals surface area contributed by atoms with Crippen LogP contribution in [0.15, 0.2) is 30.3 Å². The van der Waals surface area contributed by atoms with Gasteiger partial charge in [-0.15, -0.1) is 0 Å². The van der Waals surface area contributed by atoms with Crippen molar-refractivity contribution < 1.29 is 9.53 Å². The molecule has 0 bridgehead atoms. The standard InChI is InChI=1S/C20H32N2O2/c1-5-18(22-12-14-24-15-13-22)19(23)20(6-2,21(3)4)16-17-10-8-7-9-11-17/h7-11,18H,5-6,12-16H2,1-4H3. The van der Waals surface area contributed by atoms with Gasteiger partial charge in [-0.3, -0.25) is 14.6 Å². The molecule has 1 aromatic rings. The van der Waals surface area contributed by atoms with Crippen LogP contribution in [0.25, 0.3) is 0 Å². The van der Waals surface area contributed by atoms with Crippen molar-refractivity contribution in [3.05, 3.63) is 35.9 Å². The molecule has 1 aromatic carbocycles. The van der Waals surface area contributed by atoms with Crippen LogP contribution < -0.4 is 0 Å². The van der Waals surface area contributed by atoms with Crippen molar-refractivity contribution in [2.75, 3.05) is 40.4 Å². The average molecular weight is 332 g/mol. The molecule has 1 saturated heterocycles. The van der Waals surface area contributed by atoms with E-state index in [1.54, 1.807) is 0 Å². The third-order valence-corrected chi connectivity index (χ3v) is 5.41. The van der Waals surface area contributed by atoms with Gasteiger partial charge in [0.25, 0.3) is 0 Å². The van der Waals surface area contributed by atoms with Crippen molar-refractivity contribution in [2.24, 2.45) is 0 Å². The molecule has 2 rings (SSSR count). The Morgan fingerprint density at radius 3 is 2.33 bits per heavy atom. The molecule has 2 atom stereocenters. The van der Waals surface area contributed by atoms with Gasteiger partial charge in [0.2, 0.25) is 0 Å². The highest BCUT2D eigenvalue weighted by molar-refractivity contribution is 5.93. The Hall–Kier alpha value is -1.23. The maximum Gasteiger partial charge on any atom is 0.170 e. The molecule has 134 valence electrons. The first kappa shape index (κ1) is 19.1. The lowest BCUT2D eigenvalue weighted by Crippen LogP contribution is -2.60. The third kappa shape index (κ3) is 4.05. The van der Waals surface area contributed by atoms with Crippen LogP contribution >= 0.6 is 0 Å². The molecular formula is C20H32N2O2. The van der Waals surface area contributed by atoms with Crippen molar-refractivity contribution in [1.82, 2.24) is 9.80 Å². The quantitative estimate of drug-likeness (QED) is 0.733. The Morgan fingerprint density at radius 1 is 1.21 bits per heavy atom. The summed E-state index contributed by atoms with van der Waals surface area (Å²) in [6, 6.07) is 10.3. The maximum absolute atomic E-state index is 13.6. The molecule has 1 aliphatic heterocycles. The molecule has 0 saturated carbocycles. The molecule has 0 radical (unpaired) electrons. The number of Topliss-reactive ketones (excluding diaryl/α,β-unsaturated/α-hetero) is 1.